The van der Waals surface area contributed by atoms with Gasteiger partial charge in [0, 0.05) is 26.7 Å². The lowest BCUT2D eigenvalue weighted by Gasteiger charge is -1.97. The van der Waals surface area contributed by atoms with Crippen LogP contribution in [0, 0.1) is 0 Å². The first kappa shape index (κ1) is 10.7. The molecule has 0 saturated heterocycles. The SMILES string of the molecule is C=C=C(CN)c1sc2ccccc2c1Br. The molecule has 2 rings (SSSR count). The van der Waals surface area contributed by atoms with Gasteiger partial charge in [-0.15, -0.1) is 17.1 Å². The van der Waals surface area contributed by atoms with E-state index < -0.39 is 0 Å². The fourth-order valence-corrected chi connectivity index (χ4v) is 3.54. The minimum absolute atomic E-state index is 0.467. The number of hydrogen-bond donors (Lipinski definition) is 1. The van der Waals surface area contributed by atoms with Gasteiger partial charge < -0.3 is 5.73 Å². The summed E-state index contributed by atoms with van der Waals surface area (Å²) in [5.74, 6) is 0. The van der Waals surface area contributed by atoms with Crippen LogP contribution >= 0.6 is 27.3 Å². The molecule has 0 amide bonds. The van der Waals surface area contributed by atoms with E-state index in [2.05, 4.69) is 40.4 Å². The summed E-state index contributed by atoms with van der Waals surface area (Å²) in [7, 11) is 0. The van der Waals surface area contributed by atoms with Crippen molar-refractivity contribution in [3.05, 3.63) is 45.9 Å². The van der Waals surface area contributed by atoms with Crippen LogP contribution in [0.15, 0.2) is 41.0 Å². The highest BCUT2D eigenvalue weighted by molar-refractivity contribution is 9.10. The Balaban J connectivity index is 2.73. The second kappa shape index (κ2) is 4.33. The van der Waals surface area contributed by atoms with E-state index in [-0.39, 0.29) is 0 Å². The molecule has 0 aliphatic carbocycles. The second-order valence-corrected chi connectivity index (χ2v) is 4.95. The lowest BCUT2D eigenvalue weighted by Crippen LogP contribution is -2.00. The van der Waals surface area contributed by atoms with Crippen molar-refractivity contribution in [3.63, 3.8) is 0 Å². The molecule has 2 N–H and O–H groups in total. The maximum absolute atomic E-state index is 5.65. The van der Waals surface area contributed by atoms with Gasteiger partial charge in [0.05, 0.1) is 4.88 Å². The van der Waals surface area contributed by atoms with E-state index in [1.807, 2.05) is 12.1 Å². The first-order valence-electron chi connectivity index (χ1n) is 4.54. The number of fused-ring (bicyclic) bond motifs is 1. The van der Waals surface area contributed by atoms with E-state index in [1.165, 1.54) is 10.1 Å². The second-order valence-electron chi connectivity index (χ2n) is 3.10. The summed E-state index contributed by atoms with van der Waals surface area (Å²) in [6, 6.07) is 8.26. The highest BCUT2D eigenvalue weighted by Crippen LogP contribution is 2.38. The van der Waals surface area contributed by atoms with Crippen molar-refractivity contribution in [1.29, 1.82) is 0 Å². The van der Waals surface area contributed by atoms with Gasteiger partial charge in [-0.3, -0.25) is 0 Å². The van der Waals surface area contributed by atoms with Crippen molar-refractivity contribution in [3.8, 4) is 0 Å². The van der Waals surface area contributed by atoms with Crippen molar-refractivity contribution < 1.29 is 0 Å². The molecule has 3 heteroatoms. The van der Waals surface area contributed by atoms with Gasteiger partial charge in [0.15, 0.2) is 0 Å². The third-order valence-corrected chi connectivity index (χ3v) is 4.54. The fourth-order valence-electron chi connectivity index (χ4n) is 1.45. The van der Waals surface area contributed by atoms with E-state index in [1.54, 1.807) is 11.3 Å². The Morgan fingerprint density at radius 3 is 2.80 bits per heavy atom. The summed E-state index contributed by atoms with van der Waals surface area (Å²) in [4.78, 5) is 1.13. The lowest BCUT2D eigenvalue weighted by molar-refractivity contribution is 1.28. The van der Waals surface area contributed by atoms with Gasteiger partial charge in [0.25, 0.3) is 0 Å². The van der Waals surface area contributed by atoms with Gasteiger partial charge in [-0.2, -0.15) is 0 Å². The summed E-state index contributed by atoms with van der Waals surface area (Å²) >= 11 is 5.32. The average molecular weight is 280 g/mol. The van der Waals surface area contributed by atoms with Crippen LogP contribution in [-0.2, 0) is 0 Å². The molecule has 0 spiro atoms. The molecule has 1 nitrogen and oxygen atoms in total. The number of halogens is 1. The quantitative estimate of drug-likeness (QED) is 0.832. The molecule has 0 bridgehead atoms. The Morgan fingerprint density at radius 2 is 2.20 bits per heavy atom. The molecule has 0 fully saturated rings. The standard InChI is InChI=1S/C12H10BrNS/c1-2-8(7-14)12-11(13)9-5-3-4-6-10(9)15-12/h3-6H,1,7,14H2. The zero-order chi connectivity index (χ0) is 10.8. The number of hydrogen-bond acceptors (Lipinski definition) is 2. The Bertz CT molecular complexity index is 550. The highest BCUT2D eigenvalue weighted by Gasteiger charge is 2.11. The maximum Gasteiger partial charge on any atom is 0.0547 e. The van der Waals surface area contributed by atoms with Crippen molar-refractivity contribution in [1.82, 2.24) is 0 Å². The first-order chi connectivity index (χ1) is 7.27. The minimum Gasteiger partial charge on any atom is -0.326 e. The molecule has 0 aliphatic heterocycles. The highest BCUT2D eigenvalue weighted by atomic mass is 79.9. The van der Waals surface area contributed by atoms with Crippen LogP contribution in [0.4, 0.5) is 0 Å². The first-order valence-corrected chi connectivity index (χ1v) is 6.15. The minimum atomic E-state index is 0.467. The van der Waals surface area contributed by atoms with Gasteiger partial charge in [-0.25, -0.2) is 0 Å². The Kier molecular flexibility index (Phi) is 3.08. The van der Waals surface area contributed by atoms with E-state index in [9.17, 15) is 0 Å². The third kappa shape index (κ3) is 1.80. The Hall–Kier alpha value is -0.860. The summed E-state index contributed by atoms with van der Waals surface area (Å²) in [5.41, 5.74) is 9.51. The molecule has 0 aliphatic rings. The fraction of sp³-hybridized carbons (Fsp3) is 0.0833. The summed E-state index contributed by atoms with van der Waals surface area (Å²) < 4.78 is 2.35. The summed E-state index contributed by atoms with van der Waals surface area (Å²) in [6.45, 7) is 4.13. The molecule has 15 heavy (non-hydrogen) atoms. The summed E-state index contributed by atoms with van der Waals surface area (Å²) in [6.07, 6.45) is 0. The zero-order valence-corrected chi connectivity index (χ0v) is 10.5. The van der Waals surface area contributed by atoms with E-state index in [0.717, 1.165) is 14.9 Å². The normalized spacial score (nSPS) is 10.3. The van der Waals surface area contributed by atoms with Gasteiger partial charge in [0.1, 0.15) is 0 Å². The van der Waals surface area contributed by atoms with E-state index in [4.69, 9.17) is 5.73 Å². The molecule has 2 aromatic rings. The number of nitrogens with two attached hydrogens (primary N) is 1. The van der Waals surface area contributed by atoms with Crippen molar-refractivity contribution >= 4 is 42.9 Å². The van der Waals surface area contributed by atoms with Crippen LogP contribution in [0.1, 0.15) is 4.88 Å². The summed E-state index contributed by atoms with van der Waals surface area (Å²) in [5, 5.41) is 1.22. The zero-order valence-electron chi connectivity index (χ0n) is 8.09. The van der Waals surface area contributed by atoms with Crippen molar-refractivity contribution in [2.45, 2.75) is 0 Å². The maximum atomic E-state index is 5.65. The number of thiophene rings is 1. The van der Waals surface area contributed by atoms with Gasteiger partial charge in [-0.1, -0.05) is 24.8 Å². The van der Waals surface area contributed by atoms with Crippen LogP contribution in [0.25, 0.3) is 15.7 Å². The monoisotopic (exact) mass is 279 g/mol. The van der Waals surface area contributed by atoms with Crippen LogP contribution in [0.2, 0.25) is 0 Å². The average Bonchev–Trinajstić information content (AvgIpc) is 2.60. The predicted octanol–water partition coefficient (Wildman–Crippen LogP) is 3.79. The van der Waals surface area contributed by atoms with Gasteiger partial charge >= 0.3 is 0 Å². The van der Waals surface area contributed by atoms with Gasteiger partial charge in [-0.05, 0) is 22.0 Å². The lowest BCUT2D eigenvalue weighted by atomic mass is 10.2. The molecule has 0 radical (unpaired) electrons. The van der Waals surface area contributed by atoms with Crippen LogP contribution in [0.3, 0.4) is 0 Å². The molecule has 1 aromatic heterocycles. The van der Waals surface area contributed by atoms with Gasteiger partial charge in [0.2, 0.25) is 0 Å². The molecule has 0 saturated carbocycles. The largest absolute Gasteiger partial charge is 0.326 e. The Morgan fingerprint density at radius 1 is 1.47 bits per heavy atom. The third-order valence-electron chi connectivity index (χ3n) is 2.23. The molecule has 0 atom stereocenters. The molecule has 76 valence electrons. The molecule has 0 unspecified atom stereocenters. The topological polar surface area (TPSA) is 26.0 Å². The van der Waals surface area contributed by atoms with Crippen LogP contribution in [-0.4, -0.2) is 6.54 Å². The predicted molar refractivity (Wildman–Crippen MR) is 71.1 cm³/mol. The van der Waals surface area contributed by atoms with E-state index in [0.29, 0.717) is 6.54 Å². The number of benzene rings is 1. The Labute approximate surface area is 101 Å². The molecule has 1 heterocycles. The number of rotatable bonds is 2. The molecular formula is C12H10BrNS. The van der Waals surface area contributed by atoms with E-state index >= 15 is 0 Å². The van der Waals surface area contributed by atoms with Crippen LogP contribution in [0.5, 0.6) is 0 Å². The van der Waals surface area contributed by atoms with Crippen molar-refractivity contribution in [2.75, 3.05) is 6.54 Å². The van der Waals surface area contributed by atoms with Crippen molar-refractivity contribution in [2.24, 2.45) is 5.73 Å². The van der Waals surface area contributed by atoms with Crippen LogP contribution < -0.4 is 5.73 Å². The molecule has 1 aromatic carbocycles. The molecular weight excluding hydrogens is 270 g/mol. The smallest absolute Gasteiger partial charge is 0.0547 e.